The van der Waals surface area contributed by atoms with Crippen molar-refractivity contribution in [3.8, 4) is 0 Å². The molecular formula is C14H19F3N2. The van der Waals surface area contributed by atoms with E-state index in [1.165, 1.54) is 4.90 Å². The molecule has 5 heteroatoms. The zero-order valence-electron chi connectivity index (χ0n) is 11.0. The summed E-state index contributed by atoms with van der Waals surface area (Å²) in [6.45, 7) is -0.0764. The second-order valence-corrected chi connectivity index (χ2v) is 5.28. The average molecular weight is 272 g/mol. The molecule has 2 rings (SSSR count). The van der Waals surface area contributed by atoms with Gasteiger partial charge in [0.1, 0.15) is 0 Å². The van der Waals surface area contributed by atoms with Crippen molar-refractivity contribution in [3.05, 3.63) is 35.9 Å². The van der Waals surface area contributed by atoms with Crippen LogP contribution in [-0.2, 0) is 6.54 Å². The molecule has 0 heterocycles. The van der Waals surface area contributed by atoms with Gasteiger partial charge in [0, 0.05) is 18.6 Å². The molecule has 1 aromatic rings. The molecule has 1 fully saturated rings. The van der Waals surface area contributed by atoms with Gasteiger partial charge in [0.25, 0.3) is 0 Å². The molecule has 0 spiro atoms. The van der Waals surface area contributed by atoms with Gasteiger partial charge in [-0.1, -0.05) is 30.3 Å². The van der Waals surface area contributed by atoms with E-state index in [0.717, 1.165) is 18.4 Å². The van der Waals surface area contributed by atoms with Gasteiger partial charge in [-0.05, 0) is 25.5 Å². The maximum Gasteiger partial charge on any atom is 0.401 e. The quantitative estimate of drug-likeness (QED) is 0.856. The SMILES string of the molecule is CNC1(CN(Cc2ccccc2)CC(F)(F)F)CC1. The Bertz CT molecular complexity index is 399. The van der Waals surface area contributed by atoms with Gasteiger partial charge in [-0.25, -0.2) is 0 Å². The molecule has 19 heavy (non-hydrogen) atoms. The summed E-state index contributed by atoms with van der Waals surface area (Å²) in [4.78, 5) is 1.48. The largest absolute Gasteiger partial charge is 0.401 e. The van der Waals surface area contributed by atoms with Gasteiger partial charge in [-0.2, -0.15) is 13.2 Å². The van der Waals surface area contributed by atoms with Crippen molar-refractivity contribution in [1.82, 2.24) is 10.2 Å². The van der Waals surface area contributed by atoms with Crippen LogP contribution in [0.25, 0.3) is 0 Å². The minimum absolute atomic E-state index is 0.111. The Morgan fingerprint density at radius 1 is 1.21 bits per heavy atom. The third-order valence-corrected chi connectivity index (χ3v) is 3.56. The maximum absolute atomic E-state index is 12.6. The maximum atomic E-state index is 12.6. The number of likely N-dealkylation sites (N-methyl/N-ethyl adjacent to an activating group) is 1. The van der Waals surface area contributed by atoms with Gasteiger partial charge < -0.3 is 5.32 Å². The number of hydrogen-bond donors (Lipinski definition) is 1. The molecule has 0 aromatic heterocycles. The topological polar surface area (TPSA) is 15.3 Å². The van der Waals surface area contributed by atoms with Gasteiger partial charge in [0.15, 0.2) is 0 Å². The number of halogens is 3. The Balaban J connectivity index is 2.02. The molecule has 106 valence electrons. The summed E-state index contributed by atoms with van der Waals surface area (Å²) in [5.74, 6) is 0. The smallest absolute Gasteiger partial charge is 0.313 e. The Morgan fingerprint density at radius 2 is 1.84 bits per heavy atom. The van der Waals surface area contributed by atoms with Gasteiger partial charge >= 0.3 is 6.18 Å². The van der Waals surface area contributed by atoms with E-state index in [0.29, 0.717) is 13.1 Å². The molecule has 1 aromatic carbocycles. The van der Waals surface area contributed by atoms with Crippen molar-refractivity contribution in [2.75, 3.05) is 20.1 Å². The Kier molecular flexibility index (Phi) is 4.16. The first-order chi connectivity index (χ1) is 8.92. The van der Waals surface area contributed by atoms with Crippen LogP contribution in [-0.4, -0.2) is 36.8 Å². The number of rotatable bonds is 6. The number of nitrogens with one attached hydrogen (secondary N) is 1. The van der Waals surface area contributed by atoms with Crippen LogP contribution < -0.4 is 5.32 Å². The molecule has 0 aliphatic heterocycles. The van der Waals surface area contributed by atoms with Crippen LogP contribution in [0.4, 0.5) is 13.2 Å². The normalized spacial score (nSPS) is 17.7. The second kappa shape index (κ2) is 5.51. The summed E-state index contributed by atoms with van der Waals surface area (Å²) >= 11 is 0. The van der Waals surface area contributed by atoms with E-state index in [-0.39, 0.29) is 5.54 Å². The molecule has 1 aliphatic rings. The van der Waals surface area contributed by atoms with E-state index in [1.54, 1.807) is 0 Å². The van der Waals surface area contributed by atoms with Crippen molar-refractivity contribution in [1.29, 1.82) is 0 Å². The van der Waals surface area contributed by atoms with Gasteiger partial charge in [0.05, 0.1) is 6.54 Å². The molecule has 0 atom stereocenters. The minimum atomic E-state index is -4.15. The van der Waals surface area contributed by atoms with Crippen molar-refractivity contribution in [3.63, 3.8) is 0 Å². The molecule has 0 unspecified atom stereocenters. The summed E-state index contributed by atoms with van der Waals surface area (Å²) in [6, 6.07) is 9.30. The molecule has 0 bridgehead atoms. The lowest BCUT2D eigenvalue weighted by Gasteiger charge is -2.28. The molecular weight excluding hydrogens is 253 g/mol. The highest BCUT2D eigenvalue weighted by Gasteiger charge is 2.44. The molecule has 0 amide bonds. The fourth-order valence-electron chi connectivity index (χ4n) is 2.33. The molecule has 2 nitrogen and oxygen atoms in total. The average Bonchev–Trinajstić information content (AvgIpc) is 3.08. The zero-order valence-corrected chi connectivity index (χ0v) is 11.0. The van der Waals surface area contributed by atoms with Gasteiger partial charge in [-0.15, -0.1) is 0 Å². The van der Waals surface area contributed by atoms with E-state index < -0.39 is 12.7 Å². The molecule has 0 saturated heterocycles. The van der Waals surface area contributed by atoms with E-state index in [4.69, 9.17) is 0 Å². The second-order valence-electron chi connectivity index (χ2n) is 5.28. The lowest BCUT2D eigenvalue weighted by atomic mass is 10.2. The van der Waals surface area contributed by atoms with Crippen LogP contribution in [0.5, 0.6) is 0 Å². The molecule has 0 radical (unpaired) electrons. The summed E-state index contributed by atoms with van der Waals surface area (Å²) in [7, 11) is 1.82. The number of alkyl halides is 3. The predicted molar refractivity (Wildman–Crippen MR) is 68.8 cm³/mol. The Hall–Kier alpha value is -1.07. The van der Waals surface area contributed by atoms with E-state index in [9.17, 15) is 13.2 Å². The van der Waals surface area contributed by atoms with Crippen LogP contribution in [0.3, 0.4) is 0 Å². The third-order valence-electron chi connectivity index (χ3n) is 3.56. The number of hydrogen-bond acceptors (Lipinski definition) is 2. The first-order valence-corrected chi connectivity index (χ1v) is 6.44. The van der Waals surface area contributed by atoms with Crippen molar-refractivity contribution >= 4 is 0 Å². The summed E-state index contributed by atoms with van der Waals surface area (Å²) in [6.07, 6.45) is -2.25. The predicted octanol–water partition coefficient (Wildman–Crippen LogP) is 2.80. The Morgan fingerprint density at radius 3 is 2.32 bits per heavy atom. The van der Waals surface area contributed by atoms with E-state index in [1.807, 2.05) is 37.4 Å². The van der Waals surface area contributed by atoms with Crippen LogP contribution in [0.2, 0.25) is 0 Å². The van der Waals surface area contributed by atoms with Crippen molar-refractivity contribution in [2.45, 2.75) is 31.1 Å². The van der Waals surface area contributed by atoms with Gasteiger partial charge in [0.2, 0.25) is 0 Å². The standard InChI is InChI=1S/C14H19F3N2/c1-18-13(7-8-13)10-19(11-14(15,16)17)9-12-5-3-2-4-6-12/h2-6,18H,7-11H2,1H3. The van der Waals surface area contributed by atoms with E-state index >= 15 is 0 Å². The summed E-state index contributed by atoms with van der Waals surface area (Å²) in [5, 5.41) is 3.15. The number of benzene rings is 1. The molecule has 1 saturated carbocycles. The lowest BCUT2D eigenvalue weighted by Crippen LogP contribution is -2.44. The van der Waals surface area contributed by atoms with Gasteiger partial charge in [-0.3, -0.25) is 4.90 Å². The van der Waals surface area contributed by atoms with Crippen LogP contribution in [0.15, 0.2) is 30.3 Å². The first kappa shape index (κ1) is 14.3. The van der Waals surface area contributed by atoms with Crippen LogP contribution >= 0.6 is 0 Å². The monoisotopic (exact) mass is 272 g/mol. The van der Waals surface area contributed by atoms with Crippen molar-refractivity contribution in [2.24, 2.45) is 0 Å². The zero-order chi connectivity index (χ0) is 13.9. The lowest BCUT2D eigenvalue weighted by molar-refractivity contribution is -0.148. The van der Waals surface area contributed by atoms with Crippen LogP contribution in [0, 0.1) is 0 Å². The molecule has 1 N–H and O–H groups in total. The van der Waals surface area contributed by atoms with Crippen molar-refractivity contribution < 1.29 is 13.2 Å². The fraction of sp³-hybridized carbons (Fsp3) is 0.571. The number of nitrogens with zero attached hydrogens (tertiary/aromatic N) is 1. The minimum Gasteiger partial charge on any atom is -0.313 e. The van der Waals surface area contributed by atoms with Crippen LogP contribution in [0.1, 0.15) is 18.4 Å². The highest BCUT2D eigenvalue weighted by molar-refractivity contribution is 5.15. The first-order valence-electron chi connectivity index (χ1n) is 6.44. The highest BCUT2D eigenvalue weighted by atomic mass is 19.4. The fourth-order valence-corrected chi connectivity index (χ4v) is 2.33. The van der Waals surface area contributed by atoms with E-state index in [2.05, 4.69) is 5.32 Å². The third kappa shape index (κ3) is 4.51. The summed E-state index contributed by atoms with van der Waals surface area (Å²) in [5.41, 5.74) is 0.804. The summed E-state index contributed by atoms with van der Waals surface area (Å²) < 4.78 is 37.9. The molecule has 1 aliphatic carbocycles. The highest BCUT2D eigenvalue weighted by Crippen LogP contribution is 2.36. The Labute approximate surface area is 111 Å².